The van der Waals surface area contributed by atoms with Gasteiger partial charge in [0.05, 0.1) is 17.9 Å². The van der Waals surface area contributed by atoms with Crippen molar-refractivity contribution in [2.75, 3.05) is 6.61 Å². The molecule has 1 aliphatic rings. The normalized spacial score (nSPS) is 18.0. The number of carbonyl (C=O) groups is 1. The van der Waals surface area contributed by atoms with Crippen LogP contribution < -0.4 is 10.1 Å². The Balaban J connectivity index is 1.65. The van der Waals surface area contributed by atoms with Gasteiger partial charge < -0.3 is 10.1 Å². The van der Waals surface area contributed by atoms with Crippen molar-refractivity contribution in [1.82, 2.24) is 5.32 Å². The van der Waals surface area contributed by atoms with Crippen molar-refractivity contribution in [2.24, 2.45) is 0 Å². The molecular weight excluding hydrogens is 294 g/mol. The fraction of sp³-hybridized carbons (Fsp3) is 0.278. The monoisotopic (exact) mass is 313 g/mol. The molecule has 2 atom stereocenters. The summed E-state index contributed by atoms with van der Waals surface area (Å²) in [6, 6.07) is 18.0. The summed E-state index contributed by atoms with van der Waals surface area (Å²) in [5, 5.41) is 3.03. The SMILES string of the molecule is CC(Sc1ccccc1)C(=O)NC1CCOc2ccccc21. The van der Waals surface area contributed by atoms with E-state index in [1.165, 1.54) is 0 Å². The van der Waals surface area contributed by atoms with Crippen molar-refractivity contribution in [3.8, 4) is 5.75 Å². The maximum Gasteiger partial charge on any atom is 0.233 e. The molecule has 3 nitrogen and oxygen atoms in total. The van der Waals surface area contributed by atoms with E-state index in [1.807, 2.05) is 61.5 Å². The first kappa shape index (κ1) is 15.0. The summed E-state index contributed by atoms with van der Waals surface area (Å²) in [5.41, 5.74) is 1.07. The van der Waals surface area contributed by atoms with E-state index >= 15 is 0 Å². The molecule has 1 amide bonds. The van der Waals surface area contributed by atoms with Crippen molar-refractivity contribution >= 4 is 17.7 Å². The minimum Gasteiger partial charge on any atom is -0.493 e. The van der Waals surface area contributed by atoms with Gasteiger partial charge in [-0.25, -0.2) is 0 Å². The third-order valence-corrected chi connectivity index (χ3v) is 4.81. The molecule has 2 aromatic rings. The molecule has 22 heavy (non-hydrogen) atoms. The van der Waals surface area contributed by atoms with E-state index in [0.29, 0.717) is 6.61 Å². The van der Waals surface area contributed by atoms with Crippen LogP contribution in [0.5, 0.6) is 5.75 Å². The average Bonchev–Trinajstić information content (AvgIpc) is 2.56. The molecule has 0 fully saturated rings. The highest BCUT2D eigenvalue weighted by atomic mass is 32.2. The summed E-state index contributed by atoms with van der Waals surface area (Å²) < 4.78 is 5.63. The van der Waals surface area contributed by atoms with Crippen molar-refractivity contribution < 1.29 is 9.53 Å². The first-order valence-electron chi connectivity index (χ1n) is 7.48. The van der Waals surface area contributed by atoms with Crippen LogP contribution in [0.3, 0.4) is 0 Å². The Bertz CT molecular complexity index is 645. The van der Waals surface area contributed by atoms with Crippen LogP contribution >= 0.6 is 11.8 Å². The number of rotatable bonds is 4. The first-order valence-corrected chi connectivity index (χ1v) is 8.36. The topological polar surface area (TPSA) is 38.3 Å². The summed E-state index contributed by atoms with van der Waals surface area (Å²) >= 11 is 1.58. The molecule has 0 aliphatic carbocycles. The molecule has 2 unspecified atom stereocenters. The Labute approximate surface area is 135 Å². The zero-order chi connectivity index (χ0) is 15.4. The third-order valence-electron chi connectivity index (χ3n) is 3.70. The first-order chi connectivity index (χ1) is 10.7. The number of hydrogen-bond donors (Lipinski definition) is 1. The molecule has 1 N–H and O–H groups in total. The van der Waals surface area contributed by atoms with Gasteiger partial charge in [-0.2, -0.15) is 0 Å². The minimum atomic E-state index is -0.127. The standard InChI is InChI=1S/C18H19NO2S/c1-13(22-14-7-3-2-4-8-14)18(20)19-16-11-12-21-17-10-6-5-9-15(16)17/h2-10,13,16H,11-12H2,1H3,(H,19,20). The Morgan fingerprint density at radius 2 is 1.91 bits per heavy atom. The maximum atomic E-state index is 12.5. The van der Waals surface area contributed by atoms with E-state index in [-0.39, 0.29) is 17.2 Å². The highest BCUT2D eigenvalue weighted by Gasteiger charge is 2.24. The molecule has 0 saturated carbocycles. The Morgan fingerprint density at radius 3 is 2.73 bits per heavy atom. The minimum absolute atomic E-state index is 0.0382. The highest BCUT2D eigenvalue weighted by molar-refractivity contribution is 8.00. The van der Waals surface area contributed by atoms with Gasteiger partial charge in [0.2, 0.25) is 5.91 Å². The Hall–Kier alpha value is -1.94. The molecule has 1 aliphatic heterocycles. The van der Waals surface area contributed by atoms with Gasteiger partial charge in [-0.15, -0.1) is 11.8 Å². The zero-order valence-corrected chi connectivity index (χ0v) is 13.3. The van der Waals surface area contributed by atoms with E-state index in [0.717, 1.165) is 22.6 Å². The number of ether oxygens (including phenoxy) is 1. The summed E-state index contributed by atoms with van der Waals surface area (Å²) in [6.45, 7) is 2.58. The van der Waals surface area contributed by atoms with E-state index in [4.69, 9.17) is 4.74 Å². The van der Waals surface area contributed by atoms with Crippen LogP contribution in [-0.2, 0) is 4.79 Å². The lowest BCUT2D eigenvalue weighted by Crippen LogP contribution is -2.36. The van der Waals surface area contributed by atoms with Crippen LogP contribution in [0.4, 0.5) is 0 Å². The lowest BCUT2D eigenvalue weighted by molar-refractivity contribution is -0.121. The van der Waals surface area contributed by atoms with E-state index in [1.54, 1.807) is 11.8 Å². The molecular formula is C18H19NO2S. The second-order valence-electron chi connectivity index (χ2n) is 5.31. The van der Waals surface area contributed by atoms with Gasteiger partial charge in [0.25, 0.3) is 0 Å². The van der Waals surface area contributed by atoms with E-state index in [2.05, 4.69) is 5.32 Å². The van der Waals surface area contributed by atoms with Crippen LogP contribution in [0.25, 0.3) is 0 Å². The Kier molecular flexibility index (Phi) is 4.68. The highest BCUT2D eigenvalue weighted by Crippen LogP contribution is 2.32. The number of para-hydroxylation sites is 1. The van der Waals surface area contributed by atoms with Gasteiger partial charge in [0.1, 0.15) is 5.75 Å². The number of amides is 1. The fourth-order valence-corrected chi connectivity index (χ4v) is 3.44. The molecule has 3 rings (SSSR count). The molecule has 0 saturated heterocycles. The average molecular weight is 313 g/mol. The number of nitrogens with one attached hydrogen (secondary N) is 1. The molecule has 0 radical (unpaired) electrons. The quantitative estimate of drug-likeness (QED) is 0.872. The zero-order valence-electron chi connectivity index (χ0n) is 12.5. The van der Waals surface area contributed by atoms with Crippen molar-refractivity contribution in [2.45, 2.75) is 29.5 Å². The van der Waals surface area contributed by atoms with Crippen LogP contribution in [0, 0.1) is 0 Å². The van der Waals surface area contributed by atoms with Crippen LogP contribution in [-0.4, -0.2) is 17.8 Å². The molecule has 2 aromatic carbocycles. The van der Waals surface area contributed by atoms with Gasteiger partial charge in [0, 0.05) is 16.9 Å². The second kappa shape index (κ2) is 6.88. The lowest BCUT2D eigenvalue weighted by atomic mass is 10.0. The summed E-state index contributed by atoms with van der Waals surface area (Å²) in [4.78, 5) is 13.6. The van der Waals surface area contributed by atoms with Crippen molar-refractivity contribution in [3.63, 3.8) is 0 Å². The molecule has 0 bridgehead atoms. The maximum absolute atomic E-state index is 12.5. The summed E-state index contributed by atoms with van der Waals surface area (Å²) in [5.74, 6) is 0.943. The molecule has 0 aromatic heterocycles. The lowest BCUT2D eigenvalue weighted by Gasteiger charge is -2.27. The molecule has 114 valence electrons. The van der Waals surface area contributed by atoms with Crippen LogP contribution in [0.2, 0.25) is 0 Å². The van der Waals surface area contributed by atoms with Gasteiger partial charge in [-0.3, -0.25) is 4.79 Å². The van der Waals surface area contributed by atoms with Gasteiger partial charge in [-0.1, -0.05) is 36.4 Å². The second-order valence-corrected chi connectivity index (χ2v) is 6.72. The predicted molar refractivity (Wildman–Crippen MR) is 89.2 cm³/mol. The third kappa shape index (κ3) is 3.45. The number of benzene rings is 2. The molecule has 1 heterocycles. The number of fused-ring (bicyclic) bond motifs is 1. The van der Waals surface area contributed by atoms with Crippen molar-refractivity contribution in [1.29, 1.82) is 0 Å². The summed E-state index contributed by atoms with van der Waals surface area (Å²) in [6.07, 6.45) is 0.811. The van der Waals surface area contributed by atoms with Gasteiger partial charge >= 0.3 is 0 Å². The number of thioether (sulfide) groups is 1. The molecule has 4 heteroatoms. The van der Waals surface area contributed by atoms with Gasteiger partial charge in [0.15, 0.2) is 0 Å². The van der Waals surface area contributed by atoms with E-state index in [9.17, 15) is 4.79 Å². The predicted octanol–water partition coefficient (Wildman–Crippen LogP) is 3.81. The van der Waals surface area contributed by atoms with Crippen LogP contribution in [0.1, 0.15) is 24.9 Å². The largest absolute Gasteiger partial charge is 0.493 e. The number of carbonyl (C=O) groups excluding carboxylic acids is 1. The summed E-state index contributed by atoms with van der Waals surface area (Å²) in [7, 11) is 0. The van der Waals surface area contributed by atoms with Crippen LogP contribution in [0.15, 0.2) is 59.5 Å². The molecule has 0 spiro atoms. The van der Waals surface area contributed by atoms with E-state index < -0.39 is 0 Å². The fourth-order valence-electron chi connectivity index (χ4n) is 2.54. The number of hydrogen-bond acceptors (Lipinski definition) is 3. The smallest absolute Gasteiger partial charge is 0.233 e. The Morgan fingerprint density at radius 1 is 1.18 bits per heavy atom. The van der Waals surface area contributed by atoms with Gasteiger partial charge in [-0.05, 0) is 25.1 Å². The van der Waals surface area contributed by atoms with Crippen molar-refractivity contribution in [3.05, 3.63) is 60.2 Å².